The molecule has 0 radical (unpaired) electrons. The van der Waals surface area contributed by atoms with Gasteiger partial charge in [0.2, 0.25) is 5.91 Å². The maximum Gasteiger partial charge on any atom is 0.220 e. The van der Waals surface area contributed by atoms with Gasteiger partial charge in [-0.2, -0.15) is 0 Å². The van der Waals surface area contributed by atoms with Gasteiger partial charge in [-0.05, 0) is 48.6 Å². The van der Waals surface area contributed by atoms with Crippen LogP contribution in [-0.2, 0) is 22.4 Å². The Bertz CT molecular complexity index is 672. The highest BCUT2D eigenvalue weighted by atomic mass is 16.5. The quantitative estimate of drug-likeness (QED) is 0.889. The van der Waals surface area contributed by atoms with Gasteiger partial charge in [-0.3, -0.25) is 9.78 Å². The number of amides is 1. The van der Waals surface area contributed by atoms with Gasteiger partial charge in [0.25, 0.3) is 0 Å². The summed E-state index contributed by atoms with van der Waals surface area (Å²) in [5, 5.41) is 3.16. The smallest absolute Gasteiger partial charge is 0.220 e. The minimum absolute atomic E-state index is 0.0996. The van der Waals surface area contributed by atoms with E-state index in [2.05, 4.69) is 29.4 Å². The molecule has 1 aromatic carbocycles. The lowest BCUT2D eigenvalue weighted by molar-refractivity contribution is -0.122. The van der Waals surface area contributed by atoms with Gasteiger partial charge in [0.15, 0.2) is 0 Å². The van der Waals surface area contributed by atoms with Gasteiger partial charge >= 0.3 is 0 Å². The number of aromatic nitrogens is 1. The predicted octanol–water partition coefficient (Wildman–Crippen LogP) is 2.70. The zero-order chi connectivity index (χ0) is 16.8. The predicted molar refractivity (Wildman–Crippen MR) is 93.7 cm³/mol. The molecule has 4 heteroatoms. The first-order valence-corrected chi connectivity index (χ1v) is 8.53. The molecule has 1 aliphatic heterocycles. The van der Waals surface area contributed by atoms with Crippen molar-refractivity contribution in [2.75, 3.05) is 13.2 Å². The Kier molecular flexibility index (Phi) is 5.59. The molecule has 1 saturated heterocycles. The molecule has 2 atom stereocenters. The van der Waals surface area contributed by atoms with Gasteiger partial charge in [-0.1, -0.05) is 24.3 Å². The Hall–Kier alpha value is -2.20. The van der Waals surface area contributed by atoms with E-state index in [1.165, 1.54) is 16.7 Å². The fourth-order valence-electron chi connectivity index (χ4n) is 3.20. The SMILES string of the molecule is Cc1ccccc1CCC(=O)NC1COCC1Cc1ccncc1. The molecule has 0 aliphatic carbocycles. The lowest BCUT2D eigenvalue weighted by Crippen LogP contribution is -2.40. The second kappa shape index (κ2) is 8.06. The summed E-state index contributed by atoms with van der Waals surface area (Å²) in [6, 6.07) is 12.4. The number of nitrogens with zero attached hydrogens (tertiary/aromatic N) is 1. The molecule has 1 fully saturated rings. The van der Waals surface area contributed by atoms with Crippen molar-refractivity contribution in [1.82, 2.24) is 10.3 Å². The highest BCUT2D eigenvalue weighted by Gasteiger charge is 2.29. The van der Waals surface area contributed by atoms with Gasteiger partial charge in [-0.25, -0.2) is 0 Å². The molecule has 0 bridgehead atoms. The Morgan fingerprint density at radius 1 is 1.21 bits per heavy atom. The van der Waals surface area contributed by atoms with Crippen LogP contribution in [-0.4, -0.2) is 30.1 Å². The van der Waals surface area contributed by atoms with Gasteiger partial charge in [0.05, 0.1) is 19.3 Å². The van der Waals surface area contributed by atoms with Crippen molar-refractivity contribution in [1.29, 1.82) is 0 Å². The molecule has 2 unspecified atom stereocenters. The normalized spacial score (nSPS) is 20.0. The summed E-state index contributed by atoms with van der Waals surface area (Å²) in [6.45, 7) is 3.39. The molecule has 2 heterocycles. The average molecular weight is 324 g/mol. The molecule has 1 aliphatic rings. The molecular weight excluding hydrogens is 300 g/mol. The van der Waals surface area contributed by atoms with Gasteiger partial charge < -0.3 is 10.1 Å². The molecule has 2 aromatic rings. The van der Waals surface area contributed by atoms with Gasteiger partial charge in [0, 0.05) is 24.7 Å². The van der Waals surface area contributed by atoms with E-state index in [0.29, 0.717) is 25.6 Å². The molecule has 1 aromatic heterocycles. The van der Waals surface area contributed by atoms with Crippen molar-refractivity contribution in [3.05, 3.63) is 65.5 Å². The van der Waals surface area contributed by atoms with E-state index in [0.717, 1.165) is 12.8 Å². The summed E-state index contributed by atoms with van der Waals surface area (Å²) < 4.78 is 5.59. The molecule has 3 rings (SSSR count). The van der Waals surface area contributed by atoms with Crippen LogP contribution in [0.4, 0.5) is 0 Å². The number of carbonyl (C=O) groups excluding carboxylic acids is 1. The van der Waals surface area contributed by atoms with Crippen LogP contribution < -0.4 is 5.32 Å². The number of ether oxygens (including phenoxy) is 1. The van der Waals surface area contributed by atoms with Crippen LogP contribution in [0, 0.1) is 12.8 Å². The van der Waals surface area contributed by atoms with E-state index in [4.69, 9.17) is 4.74 Å². The van der Waals surface area contributed by atoms with E-state index < -0.39 is 0 Å². The average Bonchev–Trinajstić information content (AvgIpc) is 3.02. The molecule has 1 amide bonds. The summed E-state index contributed by atoms with van der Waals surface area (Å²) >= 11 is 0. The van der Waals surface area contributed by atoms with Crippen LogP contribution in [0.3, 0.4) is 0 Å². The second-order valence-electron chi connectivity index (χ2n) is 6.46. The molecule has 4 nitrogen and oxygen atoms in total. The maximum atomic E-state index is 12.3. The lowest BCUT2D eigenvalue weighted by Gasteiger charge is -2.19. The van der Waals surface area contributed by atoms with Crippen molar-refractivity contribution < 1.29 is 9.53 Å². The highest BCUT2D eigenvalue weighted by Crippen LogP contribution is 2.19. The van der Waals surface area contributed by atoms with Crippen LogP contribution >= 0.6 is 0 Å². The topological polar surface area (TPSA) is 51.2 Å². The summed E-state index contributed by atoms with van der Waals surface area (Å²) in [4.78, 5) is 16.4. The third kappa shape index (κ3) is 4.42. The summed E-state index contributed by atoms with van der Waals surface area (Å²) in [6.07, 6.45) is 5.82. The van der Waals surface area contributed by atoms with E-state index >= 15 is 0 Å². The monoisotopic (exact) mass is 324 g/mol. The third-order valence-electron chi connectivity index (χ3n) is 4.67. The zero-order valence-electron chi connectivity index (χ0n) is 14.1. The third-order valence-corrected chi connectivity index (χ3v) is 4.67. The number of pyridine rings is 1. The Morgan fingerprint density at radius 3 is 2.79 bits per heavy atom. The van der Waals surface area contributed by atoms with Crippen molar-refractivity contribution >= 4 is 5.91 Å². The van der Waals surface area contributed by atoms with Crippen LogP contribution in [0.1, 0.15) is 23.1 Å². The van der Waals surface area contributed by atoms with Crippen molar-refractivity contribution in [2.45, 2.75) is 32.2 Å². The number of hydrogen-bond acceptors (Lipinski definition) is 3. The lowest BCUT2D eigenvalue weighted by atomic mass is 9.95. The standard InChI is InChI=1S/C20H24N2O2/c1-15-4-2-3-5-17(15)6-7-20(23)22-19-14-24-13-18(19)12-16-8-10-21-11-9-16/h2-5,8-11,18-19H,6-7,12-14H2,1H3,(H,22,23). The van der Waals surface area contributed by atoms with Gasteiger partial charge in [-0.15, -0.1) is 0 Å². The van der Waals surface area contributed by atoms with Crippen LogP contribution in [0.15, 0.2) is 48.8 Å². The van der Waals surface area contributed by atoms with Gasteiger partial charge in [0.1, 0.15) is 0 Å². The maximum absolute atomic E-state index is 12.3. The molecule has 0 saturated carbocycles. The molecule has 24 heavy (non-hydrogen) atoms. The summed E-state index contributed by atoms with van der Waals surface area (Å²) in [5.74, 6) is 0.434. The largest absolute Gasteiger partial charge is 0.379 e. The van der Waals surface area contributed by atoms with Crippen molar-refractivity contribution in [2.24, 2.45) is 5.92 Å². The van der Waals surface area contributed by atoms with E-state index in [9.17, 15) is 4.79 Å². The first kappa shape index (κ1) is 16.7. The number of rotatable bonds is 6. The molecular formula is C20H24N2O2. The van der Waals surface area contributed by atoms with Crippen LogP contribution in [0.25, 0.3) is 0 Å². The Morgan fingerprint density at radius 2 is 2.00 bits per heavy atom. The number of carbonyl (C=O) groups is 1. The van der Waals surface area contributed by atoms with Crippen LogP contribution in [0.2, 0.25) is 0 Å². The van der Waals surface area contributed by atoms with Crippen molar-refractivity contribution in [3.63, 3.8) is 0 Å². The Labute approximate surface area is 143 Å². The fraction of sp³-hybridized carbons (Fsp3) is 0.400. The number of aryl methyl sites for hydroxylation is 2. The minimum Gasteiger partial charge on any atom is -0.379 e. The number of nitrogens with one attached hydrogen (secondary N) is 1. The zero-order valence-corrected chi connectivity index (χ0v) is 14.1. The number of benzene rings is 1. The van der Waals surface area contributed by atoms with E-state index in [1.54, 1.807) is 12.4 Å². The van der Waals surface area contributed by atoms with Crippen molar-refractivity contribution in [3.8, 4) is 0 Å². The summed E-state index contributed by atoms with van der Waals surface area (Å²) in [5.41, 5.74) is 3.72. The molecule has 0 spiro atoms. The van der Waals surface area contributed by atoms with Crippen LogP contribution in [0.5, 0.6) is 0 Å². The minimum atomic E-state index is 0.0996. The fourth-order valence-corrected chi connectivity index (χ4v) is 3.20. The molecule has 1 N–H and O–H groups in total. The van der Waals surface area contributed by atoms with E-state index in [1.807, 2.05) is 24.3 Å². The highest BCUT2D eigenvalue weighted by molar-refractivity contribution is 5.76. The molecule has 126 valence electrons. The second-order valence-corrected chi connectivity index (χ2v) is 6.46. The first-order valence-electron chi connectivity index (χ1n) is 8.53. The number of hydrogen-bond donors (Lipinski definition) is 1. The summed E-state index contributed by atoms with van der Waals surface area (Å²) in [7, 11) is 0. The first-order chi connectivity index (χ1) is 11.7. The Balaban J connectivity index is 1.51. The van der Waals surface area contributed by atoms with E-state index in [-0.39, 0.29) is 11.9 Å².